The molecule has 2 aliphatic heterocycles. The molecule has 1 atom stereocenters. The Balaban J connectivity index is 1.59. The summed E-state index contributed by atoms with van der Waals surface area (Å²) in [7, 11) is 0. The molecule has 0 unspecified atom stereocenters. The summed E-state index contributed by atoms with van der Waals surface area (Å²) in [5.41, 5.74) is 2.85. The van der Waals surface area contributed by atoms with Gasteiger partial charge in [0.15, 0.2) is 0 Å². The molecular weight excluding hydrogens is 290 g/mol. The van der Waals surface area contributed by atoms with Crippen LogP contribution >= 0.6 is 0 Å². The second-order valence-corrected chi connectivity index (χ2v) is 6.59. The number of hydrogen-bond donors (Lipinski definition) is 1. The van der Waals surface area contributed by atoms with Crippen molar-refractivity contribution in [2.75, 3.05) is 24.5 Å². The van der Waals surface area contributed by atoms with E-state index in [-0.39, 0.29) is 12.0 Å². The molecule has 124 valence electrons. The lowest BCUT2D eigenvalue weighted by Crippen LogP contribution is -2.33. The van der Waals surface area contributed by atoms with Crippen LogP contribution in [0.2, 0.25) is 0 Å². The minimum atomic E-state index is -0.0460. The molecule has 1 aromatic carbocycles. The van der Waals surface area contributed by atoms with Gasteiger partial charge in [-0.2, -0.15) is 0 Å². The Morgan fingerprint density at radius 3 is 2.78 bits per heavy atom. The number of hydrogen-bond acceptors (Lipinski definition) is 4. The molecule has 2 aliphatic rings. The van der Waals surface area contributed by atoms with Crippen molar-refractivity contribution in [2.24, 2.45) is 11.1 Å². The first kappa shape index (κ1) is 15.8. The molecule has 23 heavy (non-hydrogen) atoms. The third-order valence-corrected chi connectivity index (χ3v) is 4.51. The SMILES string of the molecule is CC(C)C1=NO[C@H](CNC(=O)c2ccccc2N2CCCC2)C1. The second-order valence-electron chi connectivity index (χ2n) is 6.59. The van der Waals surface area contributed by atoms with Gasteiger partial charge in [-0.25, -0.2) is 0 Å². The standard InChI is InChI=1S/C18H25N3O2/c1-13(2)16-11-14(23-20-16)12-19-18(22)15-7-3-4-8-17(15)21-9-5-6-10-21/h3-4,7-8,13-14H,5-6,9-12H2,1-2H3,(H,19,22)/t14-/m0/s1. The number of amides is 1. The van der Waals surface area contributed by atoms with Crippen LogP contribution in [0.5, 0.6) is 0 Å². The maximum atomic E-state index is 12.6. The summed E-state index contributed by atoms with van der Waals surface area (Å²) in [6, 6.07) is 7.84. The van der Waals surface area contributed by atoms with Gasteiger partial charge in [0.2, 0.25) is 0 Å². The van der Waals surface area contributed by atoms with Crippen LogP contribution in [0.4, 0.5) is 5.69 Å². The zero-order valence-electron chi connectivity index (χ0n) is 13.9. The van der Waals surface area contributed by atoms with E-state index in [4.69, 9.17) is 4.84 Å². The lowest BCUT2D eigenvalue weighted by Gasteiger charge is -2.21. The molecule has 1 aromatic rings. The number of nitrogens with zero attached hydrogens (tertiary/aromatic N) is 2. The average molecular weight is 315 g/mol. The number of rotatable bonds is 5. The Hall–Kier alpha value is -2.04. The van der Waals surface area contributed by atoms with E-state index in [1.165, 1.54) is 12.8 Å². The first-order valence-corrected chi connectivity index (χ1v) is 8.50. The lowest BCUT2D eigenvalue weighted by molar-refractivity contribution is 0.0753. The molecule has 5 nitrogen and oxygen atoms in total. The van der Waals surface area contributed by atoms with Gasteiger partial charge in [0.1, 0.15) is 6.10 Å². The Morgan fingerprint density at radius 2 is 2.09 bits per heavy atom. The summed E-state index contributed by atoms with van der Waals surface area (Å²) in [6.07, 6.45) is 3.14. The molecule has 1 fully saturated rings. The number of para-hydroxylation sites is 1. The van der Waals surface area contributed by atoms with Gasteiger partial charge < -0.3 is 15.1 Å². The quantitative estimate of drug-likeness (QED) is 0.909. The van der Waals surface area contributed by atoms with E-state index in [9.17, 15) is 4.79 Å². The van der Waals surface area contributed by atoms with Crippen molar-refractivity contribution in [2.45, 2.75) is 39.2 Å². The second kappa shape index (κ2) is 7.02. The van der Waals surface area contributed by atoms with Crippen LogP contribution in [0.15, 0.2) is 29.4 Å². The highest BCUT2D eigenvalue weighted by Crippen LogP contribution is 2.24. The predicted molar refractivity (Wildman–Crippen MR) is 92.0 cm³/mol. The minimum absolute atomic E-state index is 0.0332. The van der Waals surface area contributed by atoms with Gasteiger partial charge in [-0.05, 0) is 30.9 Å². The van der Waals surface area contributed by atoms with E-state index in [1.54, 1.807) is 0 Å². The molecule has 0 aromatic heterocycles. The zero-order valence-corrected chi connectivity index (χ0v) is 13.9. The van der Waals surface area contributed by atoms with Gasteiger partial charge in [-0.3, -0.25) is 4.79 Å². The number of carbonyl (C=O) groups excluding carboxylic acids is 1. The molecule has 3 rings (SSSR count). The average Bonchev–Trinajstić information content (AvgIpc) is 3.24. The number of anilines is 1. The van der Waals surface area contributed by atoms with Crippen LogP contribution in [0.1, 0.15) is 43.5 Å². The van der Waals surface area contributed by atoms with Crippen molar-refractivity contribution in [3.8, 4) is 0 Å². The first-order chi connectivity index (χ1) is 11.1. The third kappa shape index (κ3) is 3.66. The highest BCUT2D eigenvalue weighted by Gasteiger charge is 2.24. The molecule has 1 saturated heterocycles. The lowest BCUT2D eigenvalue weighted by atomic mass is 10.0. The highest BCUT2D eigenvalue weighted by molar-refractivity contribution is 6.00. The summed E-state index contributed by atoms with van der Waals surface area (Å²) >= 11 is 0. The van der Waals surface area contributed by atoms with Gasteiger partial charge in [0, 0.05) is 25.2 Å². The topological polar surface area (TPSA) is 53.9 Å². The van der Waals surface area contributed by atoms with Gasteiger partial charge in [0.25, 0.3) is 5.91 Å². The van der Waals surface area contributed by atoms with E-state index < -0.39 is 0 Å². The predicted octanol–water partition coefficient (Wildman–Crippen LogP) is 2.82. The van der Waals surface area contributed by atoms with E-state index >= 15 is 0 Å². The van der Waals surface area contributed by atoms with E-state index in [2.05, 4.69) is 29.2 Å². The molecule has 0 spiro atoms. The maximum absolute atomic E-state index is 12.6. The summed E-state index contributed by atoms with van der Waals surface area (Å²) < 4.78 is 0. The van der Waals surface area contributed by atoms with Crippen LogP contribution in [0, 0.1) is 5.92 Å². The molecular formula is C18H25N3O2. The largest absolute Gasteiger partial charge is 0.390 e. The van der Waals surface area contributed by atoms with Crippen molar-refractivity contribution < 1.29 is 9.63 Å². The summed E-state index contributed by atoms with van der Waals surface area (Å²) in [5, 5.41) is 7.11. The fourth-order valence-electron chi connectivity index (χ4n) is 3.10. The Labute approximate surface area is 137 Å². The molecule has 0 bridgehead atoms. The molecule has 1 amide bonds. The fourth-order valence-corrected chi connectivity index (χ4v) is 3.10. The van der Waals surface area contributed by atoms with Crippen molar-refractivity contribution in [1.82, 2.24) is 5.32 Å². The molecule has 5 heteroatoms. The maximum Gasteiger partial charge on any atom is 0.253 e. The van der Waals surface area contributed by atoms with Crippen molar-refractivity contribution >= 4 is 17.3 Å². The summed E-state index contributed by atoms with van der Waals surface area (Å²) in [6.45, 7) is 6.76. The van der Waals surface area contributed by atoms with E-state index in [1.807, 2.05) is 24.3 Å². The number of benzene rings is 1. The fraction of sp³-hybridized carbons (Fsp3) is 0.556. The van der Waals surface area contributed by atoms with Crippen LogP contribution in [0.25, 0.3) is 0 Å². The Kier molecular flexibility index (Phi) is 4.84. The smallest absolute Gasteiger partial charge is 0.253 e. The molecule has 0 radical (unpaired) electrons. The summed E-state index contributed by atoms with van der Waals surface area (Å²) in [5.74, 6) is 0.362. The van der Waals surface area contributed by atoms with Crippen LogP contribution < -0.4 is 10.2 Å². The van der Waals surface area contributed by atoms with E-state index in [0.29, 0.717) is 12.5 Å². The van der Waals surface area contributed by atoms with Crippen LogP contribution in [-0.2, 0) is 4.84 Å². The van der Waals surface area contributed by atoms with E-state index in [0.717, 1.165) is 36.5 Å². The Morgan fingerprint density at radius 1 is 1.35 bits per heavy atom. The first-order valence-electron chi connectivity index (χ1n) is 8.50. The van der Waals surface area contributed by atoms with Gasteiger partial charge in [0.05, 0.1) is 17.8 Å². The summed E-state index contributed by atoms with van der Waals surface area (Å²) in [4.78, 5) is 20.3. The highest BCUT2D eigenvalue weighted by atomic mass is 16.6. The van der Waals surface area contributed by atoms with Crippen molar-refractivity contribution in [3.05, 3.63) is 29.8 Å². The zero-order chi connectivity index (χ0) is 16.2. The monoisotopic (exact) mass is 315 g/mol. The number of nitrogens with one attached hydrogen (secondary N) is 1. The molecule has 0 aliphatic carbocycles. The van der Waals surface area contributed by atoms with Gasteiger partial charge >= 0.3 is 0 Å². The van der Waals surface area contributed by atoms with Crippen molar-refractivity contribution in [3.63, 3.8) is 0 Å². The van der Waals surface area contributed by atoms with Crippen LogP contribution in [0.3, 0.4) is 0 Å². The normalized spacial score (nSPS) is 20.6. The van der Waals surface area contributed by atoms with Gasteiger partial charge in [-0.1, -0.05) is 31.1 Å². The molecule has 0 saturated carbocycles. The van der Waals surface area contributed by atoms with Crippen LogP contribution in [-0.4, -0.2) is 37.4 Å². The third-order valence-electron chi connectivity index (χ3n) is 4.51. The molecule has 1 N–H and O–H groups in total. The number of oxime groups is 1. The number of carbonyl (C=O) groups is 1. The van der Waals surface area contributed by atoms with Crippen molar-refractivity contribution in [1.29, 1.82) is 0 Å². The molecule has 2 heterocycles. The Bertz CT molecular complexity index is 592. The van der Waals surface area contributed by atoms with Gasteiger partial charge in [-0.15, -0.1) is 0 Å². The minimum Gasteiger partial charge on any atom is -0.390 e.